The molecule has 1 aromatic rings. The first kappa shape index (κ1) is 11.1. The summed E-state index contributed by atoms with van der Waals surface area (Å²) in [5.74, 6) is 0. The third-order valence-electron chi connectivity index (χ3n) is 2.17. The van der Waals surface area contributed by atoms with E-state index in [0.717, 1.165) is 12.8 Å². The van der Waals surface area contributed by atoms with Crippen LogP contribution in [-0.2, 0) is 0 Å². The van der Waals surface area contributed by atoms with Gasteiger partial charge in [-0.3, -0.25) is 4.98 Å². The molecule has 0 spiro atoms. The maximum Gasteiger partial charge on any atom is 0.0556 e. The summed E-state index contributed by atoms with van der Waals surface area (Å²) in [6, 6.07) is 4.33. The lowest BCUT2D eigenvalue weighted by Gasteiger charge is -2.17. The van der Waals surface area contributed by atoms with Crippen molar-refractivity contribution >= 4 is 0 Å². The third-order valence-corrected chi connectivity index (χ3v) is 2.17. The third kappa shape index (κ3) is 3.44. The highest BCUT2D eigenvalue weighted by atomic mass is 16.3. The van der Waals surface area contributed by atoms with E-state index in [1.807, 2.05) is 12.3 Å². The second-order valence-corrected chi connectivity index (χ2v) is 3.31. The zero-order valence-corrected chi connectivity index (χ0v) is 8.61. The summed E-state index contributed by atoms with van der Waals surface area (Å²) < 4.78 is 0. The number of pyridine rings is 1. The van der Waals surface area contributed by atoms with Gasteiger partial charge in [0.25, 0.3) is 0 Å². The quantitative estimate of drug-likeness (QED) is 0.721. The molecule has 0 radical (unpaired) electrons. The van der Waals surface area contributed by atoms with Gasteiger partial charge in [0.15, 0.2) is 0 Å². The first-order valence-electron chi connectivity index (χ1n) is 5.12. The maximum absolute atomic E-state index is 8.75. The molecule has 1 atom stereocenters. The molecule has 0 bridgehead atoms. The van der Waals surface area contributed by atoms with Crippen LogP contribution in [0.3, 0.4) is 0 Å². The van der Waals surface area contributed by atoms with Crippen LogP contribution >= 0.6 is 0 Å². The summed E-state index contributed by atoms with van der Waals surface area (Å²) >= 11 is 0. The minimum absolute atomic E-state index is 0.181. The molecule has 0 aliphatic rings. The van der Waals surface area contributed by atoms with E-state index in [0.29, 0.717) is 12.6 Å². The Balaban J connectivity index is 2.58. The summed E-state index contributed by atoms with van der Waals surface area (Å²) in [5.41, 5.74) is 1.20. The van der Waals surface area contributed by atoms with Gasteiger partial charge in [-0.05, 0) is 18.1 Å². The van der Waals surface area contributed by atoms with Crippen LogP contribution in [0.25, 0.3) is 0 Å². The monoisotopic (exact) mass is 194 g/mol. The molecule has 0 aliphatic carbocycles. The summed E-state index contributed by atoms with van der Waals surface area (Å²) in [7, 11) is 0. The fourth-order valence-corrected chi connectivity index (χ4v) is 1.50. The van der Waals surface area contributed by atoms with Gasteiger partial charge in [0.05, 0.1) is 6.61 Å². The van der Waals surface area contributed by atoms with E-state index in [1.54, 1.807) is 6.20 Å². The van der Waals surface area contributed by atoms with Gasteiger partial charge in [0.1, 0.15) is 0 Å². The van der Waals surface area contributed by atoms with Crippen LogP contribution in [0.1, 0.15) is 31.4 Å². The molecule has 14 heavy (non-hydrogen) atoms. The Bertz CT molecular complexity index is 238. The molecule has 0 saturated heterocycles. The Morgan fingerprint density at radius 1 is 1.57 bits per heavy atom. The molecule has 0 saturated carbocycles. The number of rotatable bonds is 6. The highest BCUT2D eigenvalue weighted by Gasteiger charge is 2.08. The van der Waals surface area contributed by atoms with E-state index >= 15 is 0 Å². The van der Waals surface area contributed by atoms with E-state index in [4.69, 9.17) is 5.11 Å². The predicted octanol–water partition coefficient (Wildman–Crippen LogP) is 1.50. The van der Waals surface area contributed by atoms with Gasteiger partial charge in [-0.15, -0.1) is 0 Å². The molecule has 78 valence electrons. The average molecular weight is 194 g/mol. The van der Waals surface area contributed by atoms with Crippen LogP contribution < -0.4 is 5.32 Å². The molecule has 0 fully saturated rings. The SMILES string of the molecule is CCCC(NCCO)c1cccnc1. The zero-order valence-electron chi connectivity index (χ0n) is 8.61. The summed E-state index contributed by atoms with van der Waals surface area (Å²) in [4.78, 5) is 4.09. The van der Waals surface area contributed by atoms with Crippen molar-refractivity contribution in [2.45, 2.75) is 25.8 Å². The Hall–Kier alpha value is -0.930. The van der Waals surface area contributed by atoms with E-state index in [2.05, 4.69) is 23.3 Å². The first-order valence-corrected chi connectivity index (χ1v) is 5.12. The van der Waals surface area contributed by atoms with Gasteiger partial charge in [-0.25, -0.2) is 0 Å². The van der Waals surface area contributed by atoms with Gasteiger partial charge in [-0.1, -0.05) is 19.4 Å². The molecule has 0 aliphatic heterocycles. The smallest absolute Gasteiger partial charge is 0.0556 e. The molecule has 3 heteroatoms. The van der Waals surface area contributed by atoms with Gasteiger partial charge in [0, 0.05) is 25.0 Å². The first-order chi connectivity index (χ1) is 6.88. The van der Waals surface area contributed by atoms with Crippen LogP contribution in [0.5, 0.6) is 0 Å². The second-order valence-electron chi connectivity index (χ2n) is 3.31. The summed E-state index contributed by atoms with van der Waals surface area (Å²) in [5, 5.41) is 12.0. The fraction of sp³-hybridized carbons (Fsp3) is 0.545. The second kappa shape index (κ2) is 6.51. The molecule has 1 aromatic heterocycles. The Morgan fingerprint density at radius 2 is 2.43 bits per heavy atom. The highest BCUT2D eigenvalue weighted by Crippen LogP contribution is 2.16. The molecular formula is C11H18N2O. The van der Waals surface area contributed by atoms with Gasteiger partial charge in [-0.2, -0.15) is 0 Å². The molecule has 3 nitrogen and oxygen atoms in total. The fourth-order valence-electron chi connectivity index (χ4n) is 1.50. The number of aliphatic hydroxyl groups is 1. The van der Waals surface area contributed by atoms with Crippen molar-refractivity contribution in [3.05, 3.63) is 30.1 Å². The Kier molecular flexibility index (Phi) is 5.19. The van der Waals surface area contributed by atoms with Crippen molar-refractivity contribution in [3.63, 3.8) is 0 Å². The van der Waals surface area contributed by atoms with Crippen molar-refractivity contribution in [2.24, 2.45) is 0 Å². The molecule has 2 N–H and O–H groups in total. The summed E-state index contributed by atoms with van der Waals surface area (Å²) in [6.07, 6.45) is 5.85. The standard InChI is InChI=1S/C11H18N2O/c1-2-4-11(13-7-8-14)10-5-3-6-12-9-10/h3,5-6,9,11,13-14H,2,4,7-8H2,1H3. The average Bonchev–Trinajstić information content (AvgIpc) is 2.25. The molecule has 1 heterocycles. The van der Waals surface area contributed by atoms with Crippen molar-refractivity contribution in [1.29, 1.82) is 0 Å². The largest absolute Gasteiger partial charge is 0.395 e. The number of hydrogen-bond donors (Lipinski definition) is 2. The number of nitrogens with one attached hydrogen (secondary N) is 1. The molecule has 1 unspecified atom stereocenters. The lowest BCUT2D eigenvalue weighted by molar-refractivity contribution is 0.282. The number of nitrogens with zero attached hydrogens (tertiary/aromatic N) is 1. The number of aromatic nitrogens is 1. The van der Waals surface area contributed by atoms with Crippen LogP contribution in [0, 0.1) is 0 Å². The van der Waals surface area contributed by atoms with Crippen molar-refractivity contribution in [2.75, 3.05) is 13.2 Å². The van der Waals surface area contributed by atoms with Crippen LogP contribution in [0.2, 0.25) is 0 Å². The van der Waals surface area contributed by atoms with E-state index < -0.39 is 0 Å². The van der Waals surface area contributed by atoms with Crippen LogP contribution in [0.15, 0.2) is 24.5 Å². The number of aliphatic hydroxyl groups excluding tert-OH is 1. The minimum Gasteiger partial charge on any atom is -0.395 e. The molecule has 0 amide bonds. The predicted molar refractivity (Wildman–Crippen MR) is 57.0 cm³/mol. The molecular weight excluding hydrogens is 176 g/mol. The lowest BCUT2D eigenvalue weighted by Crippen LogP contribution is -2.24. The lowest BCUT2D eigenvalue weighted by atomic mass is 10.0. The minimum atomic E-state index is 0.181. The van der Waals surface area contributed by atoms with E-state index in [9.17, 15) is 0 Å². The van der Waals surface area contributed by atoms with Crippen molar-refractivity contribution in [3.8, 4) is 0 Å². The van der Waals surface area contributed by atoms with Gasteiger partial charge in [0.2, 0.25) is 0 Å². The normalized spacial score (nSPS) is 12.7. The summed E-state index contributed by atoms with van der Waals surface area (Å²) in [6.45, 7) is 2.98. The van der Waals surface area contributed by atoms with Crippen molar-refractivity contribution < 1.29 is 5.11 Å². The van der Waals surface area contributed by atoms with Gasteiger partial charge < -0.3 is 10.4 Å². The topological polar surface area (TPSA) is 45.1 Å². The number of hydrogen-bond acceptors (Lipinski definition) is 3. The zero-order chi connectivity index (χ0) is 10.2. The van der Waals surface area contributed by atoms with E-state index in [1.165, 1.54) is 5.56 Å². The Labute approximate surface area is 85.2 Å². The van der Waals surface area contributed by atoms with Gasteiger partial charge >= 0.3 is 0 Å². The van der Waals surface area contributed by atoms with E-state index in [-0.39, 0.29) is 6.61 Å². The maximum atomic E-state index is 8.75. The van der Waals surface area contributed by atoms with Crippen molar-refractivity contribution in [1.82, 2.24) is 10.3 Å². The molecule has 0 aromatic carbocycles. The highest BCUT2D eigenvalue weighted by molar-refractivity contribution is 5.13. The Morgan fingerprint density at radius 3 is 3.00 bits per heavy atom. The molecule has 1 rings (SSSR count). The van der Waals surface area contributed by atoms with Crippen LogP contribution in [-0.4, -0.2) is 23.2 Å². The van der Waals surface area contributed by atoms with Crippen LogP contribution in [0.4, 0.5) is 0 Å².